The van der Waals surface area contributed by atoms with Crippen molar-refractivity contribution in [3.8, 4) is 0 Å². The Morgan fingerprint density at radius 3 is 2.45 bits per heavy atom. The van der Waals surface area contributed by atoms with Gasteiger partial charge < -0.3 is 5.32 Å². The van der Waals surface area contributed by atoms with Gasteiger partial charge in [-0.2, -0.15) is 0 Å². The van der Waals surface area contributed by atoms with E-state index in [4.69, 9.17) is 0 Å². The number of rotatable bonds is 6. The van der Waals surface area contributed by atoms with Crippen LogP contribution < -0.4 is 5.32 Å². The molecule has 1 saturated heterocycles. The van der Waals surface area contributed by atoms with Crippen LogP contribution in [0.25, 0.3) is 0 Å². The van der Waals surface area contributed by atoms with Gasteiger partial charge in [-0.25, -0.2) is 0 Å². The van der Waals surface area contributed by atoms with Crippen molar-refractivity contribution in [2.75, 3.05) is 39.3 Å². The molecule has 0 aromatic rings. The minimum atomic E-state index is 0.554. The molecule has 118 valence electrons. The van der Waals surface area contributed by atoms with Crippen LogP contribution in [0.2, 0.25) is 0 Å². The molecule has 0 radical (unpaired) electrons. The monoisotopic (exact) mass is 281 g/mol. The van der Waals surface area contributed by atoms with Crippen molar-refractivity contribution in [1.29, 1.82) is 0 Å². The van der Waals surface area contributed by atoms with Crippen molar-refractivity contribution in [3.63, 3.8) is 0 Å². The molecule has 1 saturated carbocycles. The number of hydrogen-bond acceptors (Lipinski definition) is 3. The Morgan fingerprint density at radius 1 is 1.20 bits per heavy atom. The van der Waals surface area contributed by atoms with Crippen LogP contribution in [-0.4, -0.2) is 61.2 Å². The molecule has 2 fully saturated rings. The van der Waals surface area contributed by atoms with Gasteiger partial charge in [-0.1, -0.05) is 33.6 Å². The van der Waals surface area contributed by atoms with Gasteiger partial charge in [0.2, 0.25) is 0 Å². The second-order valence-electron chi connectivity index (χ2n) is 7.46. The maximum atomic E-state index is 3.71. The van der Waals surface area contributed by atoms with Gasteiger partial charge in [0.25, 0.3) is 0 Å². The van der Waals surface area contributed by atoms with Gasteiger partial charge in [0.15, 0.2) is 0 Å². The third kappa shape index (κ3) is 4.19. The first-order valence-corrected chi connectivity index (χ1v) is 8.74. The van der Waals surface area contributed by atoms with Gasteiger partial charge >= 0.3 is 0 Å². The standard InChI is InChI=1S/C17H35N3/c1-5-20-11-10-19(12-16(20)4)14-17(8-6-7-9-17)13-18-15(2)3/h15-16,18H,5-14H2,1-4H3. The quantitative estimate of drug-likeness (QED) is 0.807. The molecule has 1 heterocycles. The van der Waals surface area contributed by atoms with Gasteiger partial charge in [-0.05, 0) is 31.7 Å². The third-order valence-corrected chi connectivity index (χ3v) is 5.36. The van der Waals surface area contributed by atoms with Crippen LogP contribution in [0.15, 0.2) is 0 Å². The molecule has 0 spiro atoms. The van der Waals surface area contributed by atoms with Crippen molar-refractivity contribution in [2.45, 2.75) is 65.5 Å². The smallest absolute Gasteiger partial charge is 0.0195 e. The highest BCUT2D eigenvalue weighted by atomic mass is 15.3. The predicted molar refractivity (Wildman–Crippen MR) is 87.2 cm³/mol. The van der Waals surface area contributed by atoms with Crippen LogP contribution in [-0.2, 0) is 0 Å². The molecule has 2 aliphatic rings. The van der Waals surface area contributed by atoms with E-state index in [-0.39, 0.29) is 0 Å². The molecule has 0 aromatic heterocycles. The molecule has 1 aliphatic carbocycles. The largest absolute Gasteiger partial charge is 0.314 e. The second kappa shape index (κ2) is 7.24. The fourth-order valence-corrected chi connectivity index (χ4v) is 4.09. The molecule has 1 unspecified atom stereocenters. The zero-order valence-electron chi connectivity index (χ0n) is 14.1. The summed E-state index contributed by atoms with van der Waals surface area (Å²) in [5.74, 6) is 0. The number of likely N-dealkylation sites (N-methyl/N-ethyl adjacent to an activating group) is 1. The number of hydrogen-bond donors (Lipinski definition) is 1. The second-order valence-corrected chi connectivity index (χ2v) is 7.46. The Bertz CT molecular complexity index is 284. The fourth-order valence-electron chi connectivity index (χ4n) is 4.09. The molecule has 3 heteroatoms. The number of piperazine rings is 1. The summed E-state index contributed by atoms with van der Waals surface area (Å²) in [6.07, 6.45) is 5.72. The topological polar surface area (TPSA) is 18.5 Å². The Hall–Kier alpha value is -0.120. The maximum Gasteiger partial charge on any atom is 0.0195 e. The van der Waals surface area contributed by atoms with E-state index >= 15 is 0 Å². The predicted octanol–water partition coefficient (Wildman–Crippen LogP) is 2.57. The lowest BCUT2D eigenvalue weighted by Crippen LogP contribution is -2.55. The van der Waals surface area contributed by atoms with Crippen LogP contribution in [0.1, 0.15) is 53.4 Å². The summed E-state index contributed by atoms with van der Waals surface area (Å²) in [5, 5.41) is 3.71. The summed E-state index contributed by atoms with van der Waals surface area (Å²) in [4.78, 5) is 5.36. The van der Waals surface area contributed by atoms with E-state index in [0.717, 1.165) is 6.04 Å². The maximum absolute atomic E-state index is 3.71. The molecule has 1 aliphatic heterocycles. The Kier molecular flexibility index (Phi) is 5.88. The van der Waals surface area contributed by atoms with Crippen LogP contribution >= 0.6 is 0 Å². The van der Waals surface area contributed by atoms with Crippen molar-refractivity contribution >= 4 is 0 Å². The van der Waals surface area contributed by atoms with E-state index in [0.29, 0.717) is 11.5 Å². The molecule has 0 aromatic carbocycles. The van der Waals surface area contributed by atoms with E-state index in [2.05, 4.69) is 42.8 Å². The van der Waals surface area contributed by atoms with Gasteiger partial charge in [0.1, 0.15) is 0 Å². The van der Waals surface area contributed by atoms with E-state index in [1.54, 1.807) is 0 Å². The van der Waals surface area contributed by atoms with Gasteiger partial charge in [-0.3, -0.25) is 9.80 Å². The zero-order valence-corrected chi connectivity index (χ0v) is 14.1. The SMILES string of the molecule is CCN1CCN(CC2(CNC(C)C)CCCC2)CC1C. The first-order chi connectivity index (χ1) is 9.54. The molecule has 0 bridgehead atoms. The van der Waals surface area contributed by atoms with E-state index < -0.39 is 0 Å². The molecule has 1 N–H and O–H groups in total. The van der Waals surface area contributed by atoms with Gasteiger partial charge in [-0.15, -0.1) is 0 Å². The van der Waals surface area contributed by atoms with Crippen LogP contribution in [0.5, 0.6) is 0 Å². The van der Waals surface area contributed by atoms with Gasteiger partial charge in [0.05, 0.1) is 0 Å². The molecular formula is C17H35N3. The number of nitrogens with one attached hydrogen (secondary N) is 1. The first kappa shape index (κ1) is 16.3. The summed E-state index contributed by atoms with van der Waals surface area (Å²) in [6, 6.07) is 1.34. The normalized spacial score (nSPS) is 28.4. The molecule has 20 heavy (non-hydrogen) atoms. The molecular weight excluding hydrogens is 246 g/mol. The summed E-state index contributed by atoms with van der Waals surface area (Å²) >= 11 is 0. The Balaban J connectivity index is 1.88. The highest BCUT2D eigenvalue weighted by Crippen LogP contribution is 2.38. The highest BCUT2D eigenvalue weighted by molar-refractivity contribution is 4.92. The summed E-state index contributed by atoms with van der Waals surface area (Å²) in [7, 11) is 0. The Labute approximate surface area is 126 Å². The number of nitrogens with zero attached hydrogens (tertiary/aromatic N) is 2. The zero-order chi connectivity index (χ0) is 14.6. The third-order valence-electron chi connectivity index (χ3n) is 5.36. The summed E-state index contributed by atoms with van der Waals surface area (Å²) < 4.78 is 0. The fraction of sp³-hybridized carbons (Fsp3) is 1.00. The summed E-state index contributed by atoms with van der Waals surface area (Å²) in [6.45, 7) is 16.7. The van der Waals surface area contributed by atoms with Crippen LogP contribution in [0.4, 0.5) is 0 Å². The molecule has 3 nitrogen and oxygen atoms in total. The van der Waals surface area contributed by atoms with E-state index in [9.17, 15) is 0 Å². The van der Waals surface area contributed by atoms with Gasteiger partial charge in [0, 0.05) is 44.8 Å². The van der Waals surface area contributed by atoms with E-state index in [1.165, 1.54) is 65.0 Å². The lowest BCUT2D eigenvalue weighted by Gasteiger charge is -2.43. The first-order valence-electron chi connectivity index (χ1n) is 8.74. The minimum Gasteiger partial charge on any atom is -0.314 e. The molecule has 1 atom stereocenters. The average Bonchev–Trinajstić information content (AvgIpc) is 2.86. The lowest BCUT2D eigenvalue weighted by atomic mass is 9.84. The molecule has 0 amide bonds. The van der Waals surface area contributed by atoms with Crippen LogP contribution in [0.3, 0.4) is 0 Å². The lowest BCUT2D eigenvalue weighted by molar-refractivity contribution is 0.0537. The average molecular weight is 281 g/mol. The van der Waals surface area contributed by atoms with Crippen LogP contribution in [0, 0.1) is 5.41 Å². The van der Waals surface area contributed by atoms with Crippen molar-refractivity contribution < 1.29 is 0 Å². The highest BCUT2D eigenvalue weighted by Gasteiger charge is 2.36. The van der Waals surface area contributed by atoms with Crippen molar-refractivity contribution in [2.24, 2.45) is 5.41 Å². The van der Waals surface area contributed by atoms with Crippen molar-refractivity contribution in [1.82, 2.24) is 15.1 Å². The summed E-state index contributed by atoms with van der Waals surface area (Å²) in [5.41, 5.74) is 0.554. The Morgan fingerprint density at radius 2 is 1.90 bits per heavy atom. The minimum absolute atomic E-state index is 0.554. The van der Waals surface area contributed by atoms with Crippen molar-refractivity contribution in [3.05, 3.63) is 0 Å². The van der Waals surface area contributed by atoms with E-state index in [1.807, 2.05) is 0 Å². The molecule has 2 rings (SSSR count).